The fourth-order valence-electron chi connectivity index (χ4n) is 0.622. The van der Waals surface area contributed by atoms with E-state index in [9.17, 15) is 31.9 Å². The van der Waals surface area contributed by atoms with E-state index in [0.717, 1.165) is 0 Å². The number of hydrogen-bond donors (Lipinski definition) is 0. The summed E-state index contributed by atoms with van der Waals surface area (Å²) in [5.41, 5.74) is -3.05. The Bertz CT molecular complexity index is 230. The lowest BCUT2D eigenvalue weighted by atomic mass is 10.3. The van der Waals surface area contributed by atoms with Gasteiger partial charge in [-0.15, -0.1) is 0 Å². The Balaban J connectivity index is 4.68. The SMILES string of the molecule is O=P([O-])([O-])C(CC=CF)C(F)(F)F. The van der Waals surface area contributed by atoms with Gasteiger partial charge in [0.25, 0.3) is 0 Å². The van der Waals surface area contributed by atoms with E-state index < -0.39 is 25.9 Å². The summed E-state index contributed by atoms with van der Waals surface area (Å²) < 4.78 is 56.8. The molecule has 0 fully saturated rings. The van der Waals surface area contributed by atoms with Gasteiger partial charge in [-0.3, -0.25) is 0 Å². The molecule has 0 saturated heterocycles. The summed E-state index contributed by atoms with van der Waals surface area (Å²) in [5.74, 6) is 0. The summed E-state index contributed by atoms with van der Waals surface area (Å²) in [5, 5.41) is 0. The highest BCUT2D eigenvalue weighted by Crippen LogP contribution is 2.44. The largest absolute Gasteiger partial charge is 0.810 e. The fourth-order valence-corrected chi connectivity index (χ4v) is 1.36. The summed E-state index contributed by atoms with van der Waals surface area (Å²) in [7, 11) is -5.77. The van der Waals surface area contributed by atoms with Crippen LogP contribution in [0.15, 0.2) is 12.4 Å². The Hall–Kier alpha value is -0.390. The molecule has 3 nitrogen and oxygen atoms in total. The van der Waals surface area contributed by atoms with Crippen LogP contribution in [-0.4, -0.2) is 11.8 Å². The van der Waals surface area contributed by atoms with Crippen LogP contribution in [0.4, 0.5) is 17.6 Å². The van der Waals surface area contributed by atoms with Crippen LogP contribution in [0.1, 0.15) is 6.42 Å². The molecular weight excluding hydrogens is 215 g/mol. The molecule has 0 aromatic rings. The van der Waals surface area contributed by atoms with E-state index in [-0.39, 0.29) is 6.33 Å². The number of allylic oxidation sites excluding steroid dienone is 1. The van der Waals surface area contributed by atoms with E-state index in [1.165, 1.54) is 0 Å². The second kappa shape index (κ2) is 4.21. The van der Waals surface area contributed by atoms with Gasteiger partial charge in [0, 0.05) is 0 Å². The van der Waals surface area contributed by atoms with Crippen molar-refractivity contribution in [2.75, 3.05) is 0 Å². The molecule has 0 amide bonds. The molecule has 1 atom stereocenters. The van der Waals surface area contributed by atoms with E-state index >= 15 is 0 Å². The first-order valence-electron chi connectivity index (χ1n) is 3.03. The van der Waals surface area contributed by atoms with Crippen LogP contribution in [0.3, 0.4) is 0 Å². The lowest BCUT2D eigenvalue weighted by Crippen LogP contribution is -2.37. The van der Waals surface area contributed by atoms with E-state index in [1.54, 1.807) is 0 Å². The van der Waals surface area contributed by atoms with Crippen molar-refractivity contribution >= 4 is 7.60 Å². The van der Waals surface area contributed by atoms with E-state index in [4.69, 9.17) is 0 Å². The molecule has 0 aromatic heterocycles. The zero-order valence-electron chi connectivity index (χ0n) is 6.12. The number of hydrogen-bond acceptors (Lipinski definition) is 3. The normalized spacial score (nSPS) is 16.5. The zero-order chi connectivity index (χ0) is 10.7. The first kappa shape index (κ1) is 12.6. The number of halogens is 4. The average molecular weight is 220 g/mol. The Morgan fingerprint density at radius 1 is 1.38 bits per heavy atom. The lowest BCUT2D eigenvalue weighted by molar-refractivity contribution is -0.324. The summed E-state index contributed by atoms with van der Waals surface area (Å²) in [6.45, 7) is 0. The third-order valence-corrected chi connectivity index (χ3v) is 2.48. The molecule has 78 valence electrons. The summed E-state index contributed by atoms with van der Waals surface area (Å²) in [6.07, 6.45) is -6.25. The van der Waals surface area contributed by atoms with Crippen molar-refractivity contribution in [1.82, 2.24) is 0 Å². The van der Waals surface area contributed by atoms with Gasteiger partial charge in [-0.05, 0) is 6.42 Å². The molecule has 0 saturated carbocycles. The predicted octanol–water partition coefficient (Wildman–Crippen LogP) is 0.704. The first-order valence-corrected chi connectivity index (χ1v) is 4.64. The highest BCUT2D eigenvalue weighted by atomic mass is 31.2. The molecule has 0 heterocycles. The van der Waals surface area contributed by atoms with Gasteiger partial charge >= 0.3 is 6.18 Å². The molecule has 1 unspecified atom stereocenters. The molecule has 8 heteroatoms. The van der Waals surface area contributed by atoms with Crippen molar-refractivity contribution in [1.29, 1.82) is 0 Å². The third-order valence-electron chi connectivity index (χ3n) is 1.21. The van der Waals surface area contributed by atoms with Gasteiger partial charge in [0.1, 0.15) is 0 Å². The van der Waals surface area contributed by atoms with Crippen molar-refractivity contribution in [3.05, 3.63) is 12.4 Å². The molecule has 0 N–H and O–H groups in total. The van der Waals surface area contributed by atoms with Gasteiger partial charge in [-0.2, -0.15) is 13.2 Å². The monoisotopic (exact) mass is 220 g/mol. The lowest BCUT2D eigenvalue weighted by Gasteiger charge is -2.38. The van der Waals surface area contributed by atoms with Crippen LogP contribution < -0.4 is 9.79 Å². The van der Waals surface area contributed by atoms with E-state index in [2.05, 4.69) is 0 Å². The van der Waals surface area contributed by atoms with Crippen molar-refractivity contribution in [3.63, 3.8) is 0 Å². The maximum absolute atomic E-state index is 11.8. The fraction of sp³-hybridized carbons (Fsp3) is 0.600. The summed E-state index contributed by atoms with van der Waals surface area (Å²) in [4.78, 5) is 20.2. The standard InChI is InChI=1S/C5H7F4O3P/c6-3-1-2-4(5(7,8)9)13(10,11)12/h1,3-4H,2H2,(H2,10,11,12)/p-2. The van der Waals surface area contributed by atoms with Crippen molar-refractivity contribution in [2.45, 2.75) is 18.3 Å². The van der Waals surface area contributed by atoms with Crippen LogP contribution in [0.2, 0.25) is 0 Å². The van der Waals surface area contributed by atoms with Gasteiger partial charge in [0.05, 0.1) is 12.0 Å². The molecule has 0 bridgehead atoms. The summed E-state index contributed by atoms with van der Waals surface area (Å²) >= 11 is 0. The van der Waals surface area contributed by atoms with Crippen molar-refractivity contribution in [3.8, 4) is 0 Å². The Morgan fingerprint density at radius 3 is 2.08 bits per heavy atom. The van der Waals surface area contributed by atoms with Gasteiger partial charge in [0.15, 0.2) is 0 Å². The van der Waals surface area contributed by atoms with Crippen LogP contribution in [0.5, 0.6) is 0 Å². The van der Waals surface area contributed by atoms with Gasteiger partial charge < -0.3 is 14.4 Å². The minimum Gasteiger partial charge on any atom is -0.810 e. The summed E-state index contributed by atoms with van der Waals surface area (Å²) in [6, 6.07) is 0. The average Bonchev–Trinajstić information content (AvgIpc) is 1.81. The molecule has 0 radical (unpaired) electrons. The molecule has 0 rings (SSSR count). The first-order chi connectivity index (χ1) is 5.69. The molecule has 13 heavy (non-hydrogen) atoms. The maximum atomic E-state index is 11.8. The van der Waals surface area contributed by atoms with Crippen LogP contribution in [-0.2, 0) is 4.57 Å². The quantitative estimate of drug-likeness (QED) is 0.519. The smallest absolute Gasteiger partial charge is 0.396 e. The predicted molar refractivity (Wildman–Crippen MR) is 32.3 cm³/mol. The zero-order valence-corrected chi connectivity index (χ0v) is 7.02. The third kappa shape index (κ3) is 4.40. The minimum absolute atomic E-state index is 0.242. The second-order valence-electron chi connectivity index (χ2n) is 2.19. The molecule has 0 aromatic carbocycles. The van der Waals surface area contributed by atoms with E-state index in [0.29, 0.717) is 6.08 Å². The Labute approximate surface area is 71.2 Å². The highest BCUT2D eigenvalue weighted by Gasteiger charge is 2.40. The molecule has 0 spiro atoms. The van der Waals surface area contributed by atoms with Crippen molar-refractivity contribution in [2.24, 2.45) is 0 Å². The minimum atomic E-state index is -5.77. The highest BCUT2D eigenvalue weighted by molar-refractivity contribution is 7.49. The van der Waals surface area contributed by atoms with Gasteiger partial charge in [-0.25, -0.2) is 4.39 Å². The second-order valence-corrected chi connectivity index (χ2v) is 3.90. The van der Waals surface area contributed by atoms with Crippen LogP contribution in [0, 0.1) is 0 Å². The molecular formula is C5H5F4O3P-2. The Morgan fingerprint density at radius 2 is 1.85 bits per heavy atom. The molecule has 0 aliphatic heterocycles. The van der Waals surface area contributed by atoms with Gasteiger partial charge in [0.2, 0.25) is 0 Å². The van der Waals surface area contributed by atoms with Crippen LogP contribution >= 0.6 is 7.60 Å². The van der Waals surface area contributed by atoms with Crippen molar-refractivity contribution < 1.29 is 31.9 Å². The molecule has 0 aliphatic rings. The van der Waals surface area contributed by atoms with Crippen LogP contribution in [0.25, 0.3) is 0 Å². The number of rotatable bonds is 3. The van der Waals surface area contributed by atoms with Gasteiger partial charge in [-0.1, -0.05) is 13.7 Å². The topological polar surface area (TPSA) is 63.2 Å². The number of alkyl halides is 3. The maximum Gasteiger partial charge on any atom is 0.396 e. The Kier molecular flexibility index (Phi) is 4.09. The van der Waals surface area contributed by atoms with E-state index in [1.807, 2.05) is 0 Å². The molecule has 0 aliphatic carbocycles.